The molecule has 0 fully saturated rings. The van der Waals surface area contributed by atoms with Crippen molar-refractivity contribution < 1.29 is 14.2 Å². The first-order chi connectivity index (χ1) is 8.15. The summed E-state index contributed by atoms with van der Waals surface area (Å²) >= 11 is 0. The molecular weight excluding hydrogens is 231 g/mol. The molecule has 2 atom stereocenters. The molecule has 0 bridgehead atoms. The average Bonchev–Trinajstić information content (AvgIpc) is 2.72. The number of hydrogen-bond acceptors (Lipinski definition) is 4. The van der Waals surface area contributed by atoms with Gasteiger partial charge in [-0.15, -0.1) is 0 Å². The zero-order valence-electron chi connectivity index (χ0n) is 8.80. The molecule has 1 aromatic heterocycles. The lowest BCUT2D eigenvalue weighted by atomic mass is 10.2. The van der Waals surface area contributed by atoms with E-state index < -0.39 is 30.3 Å². The minimum atomic E-state index is -0.915. The lowest BCUT2D eigenvalue weighted by Gasteiger charge is -2.16. The van der Waals surface area contributed by atoms with Crippen LogP contribution in [0.4, 0.5) is 4.39 Å². The van der Waals surface area contributed by atoms with Crippen LogP contribution in [0.25, 0.3) is 0 Å². The van der Waals surface area contributed by atoms with E-state index >= 15 is 0 Å². The summed E-state index contributed by atoms with van der Waals surface area (Å²) in [5.41, 5.74) is -0.965. The zero-order valence-corrected chi connectivity index (χ0v) is 8.80. The largest absolute Gasteiger partial charge is 0.393 e. The lowest BCUT2D eigenvalue weighted by molar-refractivity contribution is -0.0160. The number of halogens is 1. The van der Waals surface area contributed by atoms with E-state index in [1.54, 1.807) is 0 Å². The molecule has 2 N–H and O–H groups in total. The number of nitrogens with one attached hydrogen (secondary N) is 1. The molecule has 17 heavy (non-hydrogen) atoms. The Hall–Kier alpha value is -1.73. The molecule has 0 aromatic carbocycles. The Bertz CT molecular complexity index is 548. The Morgan fingerprint density at radius 3 is 2.88 bits per heavy atom. The van der Waals surface area contributed by atoms with Crippen LogP contribution in [-0.4, -0.2) is 34.0 Å². The van der Waals surface area contributed by atoms with E-state index in [1.807, 2.05) is 0 Å². The number of aromatic nitrogens is 2. The minimum Gasteiger partial charge on any atom is -0.393 e. The maximum atomic E-state index is 12.7. The molecule has 0 saturated heterocycles. The number of rotatable bonds is 3. The summed E-state index contributed by atoms with van der Waals surface area (Å²) in [6, 6.07) is 1.15. The Morgan fingerprint density at radius 1 is 1.53 bits per heavy atom. The fraction of sp³-hybridized carbons (Fsp3) is 0.400. The van der Waals surface area contributed by atoms with Crippen LogP contribution in [0.1, 0.15) is 6.23 Å². The molecule has 0 saturated carbocycles. The van der Waals surface area contributed by atoms with Crippen molar-refractivity contribution in [1.82, 2.24) is 9.55 Å². The summed E-state index contributed by atoms with van der Waals surface area (Å²) in [6.07, 6.45) is 1.11. The number of hydrogen-bond donors (Lipinski definition) is 2. The number of ether oxygens (including phenoxy) is 1. The molecule has 1 aliphatic heterocycles. The van der Waals surface area contributed by atoms with Crippen LogP contribution in [0.3, 0.4) is 0 Å². The SMILES string of the molecule is O=c1ccn([C@@H]2O[C@H](CO)C=C2CF)c(=O)[nH]1. The van der Waals surface area contributed by atoms with Gasteiger partial charge < -0.3 is 9.84 Å². The molecule has 0 spiro atoms. The van der Waals surface area contributed by atoms with Gasteiger partial charge in [-0.1, -0.05) is 0 Å². The second kappa shape index (κ2) is 4.64. The molecule has 6 nitrogen and oxygen atoms in total. The van der Waals surface area contributed by atoms with E-state index in [1.165, 1.54) is 12.3 Å². The van der Waals surface area contributed by atoms with E-state index in [2.05, 4.69) is 4.98 Å². The average molecular weight is 242 g/mol. The smallest absolute Gasteiger partial charge is 0.330 e. The van der Waals surface area contributed by atoms with Crippen LogP contribution >= 0.6 is 0 Å². The van der Waals surface area contributed by atoms with Crippen molar-refractivity contribution in [3.8, 4) is 0 Å². The second-order valence-electron chi connectivity index (χ2n) is 3.60. The molecular formula is C10H11FN2O4. The first-order valence-electron chi connectivity index (χ1n) is 5.00. The highest BCUT2D eigenvalue weighted by atomic mass is 19.1. The minimum absolute atomic E-state index is 0.248. The van der Waals surface area contributed by atoms with E-state index in [4.69, 9.17) is 9.84 Å². The van der Waals surface area contributed by atoms with Crippen LogP contribution in [-0.2, 0) is 4.74 Å². The summed E-state index contributed by atoms with van der Waals surface area (Å²) in [7, 11) is 0. The van der Waals surface area contributed by atoms with Crippen molar-refractivity contribution in [1.29, 1.82) is 0 Å². The maximum absolute atomic E-state index is 12.7. The number of alkyl halides is 1. The molecule has 7 heteroatoms. The monoisotopic (exact) mass is 242 g/mol. The third kappa shape index (κ3) is 2.20. The Morgan fingerprint density at radius 2 is 2.29 bits per heavy atom. The quantitative estimate of drug-likeness (QED) is 0.688. The number of nitrogens with zero attached hydrogens (tertiary/aromatic N) is 1. The van der Waals surface area contributed by atoms with Gasteiger partial charge in [-0.2, -0.15) is 0 Å². The topological polar surface area (TPSA) is 84.3 Å². The summed E-state index contributed by atoms with van der Waals surface area (Å²) < 4.78 is 19.1. The van der Waals surface area contributed by atoms with Crippen LogP contribution in [0.15, 0.2) is 33.5 Å². The highest BCUT2D eigenvalue weighted by Gasteiger charge is 2.28. The van der Waals surface area contributed by atoms with Gasteiger partial charge in [0.25, 0.3) is 5.56 Å². The predicted molar refractivity (Wildman–Crippen MR) is 56.4 cm³/mol. The molecule has 1 aliphatic rings. The van der Waals surface area contributed by atoms with Crippen molar-refractivity contribution in [2.45, 2.75) is 12.3 Å². The standard InChI is InChI=1S/C10H11FN2O4/c11-4-6-3-7(5-14)17-9(6)13-2-1-8(15)12-10(13)16/h1-3,7,9,14H,4-5H2,(H,12,15,16)/t7-,9+/m0/s1. The summed E-state index contributed by atoms with van der Waals surface area (Å²) in [5, 5.41) is 8.92. The number of aliphatic hydroxyl groups excluding tert-OH is 1. The lowest BCUT2D eigenvalue weighted by Crippen LogP contribution is -2.33. The summed E-state index contributed by atoms with van der Waals surface area (Å²) in [5.74, 6) is 0. The summed E-state index contributed by atoms with van der Waals surface area (Å²) in [4.78, 5) is 24.4. The molecule has 1 aromatic rings. The van der Waals surface area contributed by atoms with Gasteiger partial charge in [0.1, 0.15) is 12.8 Å². The van der Waals surface area contributed by atoms with Gasteiger partial charge in [0.2, 0.25) is 0 Å². The molecule has 0 radical (unpaired) electrons. The predicted octanol–water partition coefficient (Wildman–Crippen LogP) is -0.678. The van der Waals surface area contributed by atoms with Gasteiger partial charge in [-0.3, -0.25) is 14.3 Å². The van der Waals surface area contributed by atoms with Crippen molar-refractivity contribution in [3.05, 3.63) is 44.8 Å². The van der Waals surface area contributed by atoms with Gasteiger partial charge in [0.05, 0.1) is 6.61 Å². The van der Waals surface area contributed by atoms with E-state index in [-0.39, 0.29) is 12.2 Å². The van der Waals surface area contributed by atoms with E-state index in [0.29, 0.717) is 0 Å². The van der Waals surface area contributed by atoms with Crippen LogP contribution < -0.4 is 11.2 Å². The third-order valence-corrected chi connectivity index (χ3v) is 2.46. The Kier molecular flexibility index (Phi) is 3.21. The Labute approximate surface area is 95.0 Å². The molecule has 92 valence electrons. The molecule has 0 amide bonds. The van der Waals surface area contributed by atoms with Crippen molar-refractivity contribution in [3.63, 3.8) is 0 Å². The first-order valence-corrected chi connectivity index (χ1v) is 5.00. The Balaban J connectivity index is 2.38. The van der Waals surface area contributed by atoms with Crippen LogP contribution in [0.2, 0.25) is 0 Å². The van der Waals surface area contributed by atoms with Crippen molar-refractivity contribution in [2.75, 3.05) is 13.3 Å². The van der Waals surface area contributed by atoms with Crippen molar-refractivity contribution in [2.24, 2.45) is 0 Å². The van der Waals surface area contributed by atoms with Gasteiger partial charge in [0, 0.05) is 17.8 Å². The van der Waals surface area contributed by atoms with Gasteiger partial charge >= 0.3 is 5.69 Å². The maximum Gasteiger partial charge on any atom is 0.330 e. The normalized spacial score (nSPS) is 23.8. The fourth-order valence-electron chi connectivity index (χ4n) is 1.68. The highest BCUT2D eigenvalue weighted by molar-refractivity contribution is 5.15. The highest BCUT2D eigenvalue weighted by Crippen LogP contribution is 2.27. The van der Waals surface area contributed by atoms with Crippen LogP contribution in [0, 0.1) is 0 Å². The number of H-pyrrole nitrogens is 1. The molecule has 2 heterocycles. The second-order valence-corrected chi connectivity index (χ2v) is 3.60. The van der Waals surface area contributed by atoms with Gasteiger partial charge in [-0.05, 0) is 6.08 Å². The third-order valence-electron chi connectivity index (χ3n) is 2.46. The van der Waals surface area contributed by atoms with Crippen molar-refractivity contribution >= 4 is 0 Å². The van der Waals surface area contributed by atoms with Gasteiger partial charge in [-0.25, -0.2) is 9.18 Å². The molecule has 0 unspecified atom stereocenters. The fourth-order valence-corrected chi connectivity index (χ4v) is 1.68. The first kappa shape index (κ1) is 11.7. The number of aromatic amines is 1. The molecule has 0 aliphatic carbocycles. The molecule has 2 rings (SSSR count). The van der Waals surface area contributed by atoms with Gasteiger partial charge in [0.15, 0.2) is 6.23 Å². The van der Waals surface area contributed by atoms with E-state index in [0.717, 1.165) is 10.6 Å². The summed E-state index contributed by atoms with van der Waals surface area (Å²) in [6.45, 7) is -1.08. The van der Waals surface area contributed by atoms with E-state index in [9.17, 15) is 14.0 Å². The number of aliphatic hydroxyl groups is 1. The zero-order chi connectivity index (χ0) is 12.4. The van der Waals surface area contributed by atoms with Crippen LogP contribution in [0.5, 0.6) is 0 Å².